The zero-order chi connectivity index (χ0) is 11.4. The van der Waals surface area contributed by atoms with Gasteiger partial charge in [0.15, 0.2) is 0 Å². The Balaban J connectivity index is 3.00. The molecule has 0 saturated carbocycles. The highest BCUT2D eigenvalue weighted by atomic mass is 16.3. The lowest BCUT2D eigenvalue weighted by molar-refractivity contribution is 0.437. The molecular formula is C11H17N3O. The summed E-state index contributed by atoms with van der Waals surface area (Å²) >= 11 is 0. The number of allylic oxidation sites excluding steroid dienone is 1. The van der Waals surface area contributed by atoms with Crippen LogP contribution in [0.2, 0.25) is 0 Å². The number of hydrogen-bond acceptors (Lipinski definition) is 3. The standard InChI is InChI=1S/C11H17N3O/c1-4-11(15)6-10-5-9(3)13-14(10)7-8(2)12/h4-6,8,15H,1,7,12H2,2-3H3/b11-6+. The Hall–Kier alpha value is -1.55. The number of rotatable bonds is 4. The quantitative estimate of drug-likeness (QED) is 0.582. The maximum absolute atomic E-state index is 9.35. The third-order valence-corrected chi connectivity index (χ3v) is 1.90. The molecule has 82 valence electrons. The van der Waals surface area contributed by atoms with Gasteiger partial charge in [-0.1, -0.05) is 6.58 Å². The Bertz CT molecular complexity index is 377. The van der Waals surface area contributed by atoms with E-state index < -0.39 is 0 Å². The lowest BCUT2D eigenvalue weighted by Crippen LogP contribution is -2.23. The molecule has 3 N–H and O–H groups in total. The highest BCUT2D eigenvalue weighted by Gasteiger charge is 2.05. The summed E-state index contributed by atoms with van der Waals surface area (Å²) in [7, 11) is 0. The van der Waals surface area contributed by atoms with Gasteiger partial charge in [-0.05, 0) is 26.0 Å². The maximum Gasteiger partial charge on any atom is 0.117 e. The van der Waals surface area contributed by atoms with Gasteiger partial charge in [0.1, 0.15) is 5.76 Å². The smallest absolute Gasteiger partial charge is 0.117 e. The molecule has 1 atom stereocenters. The van der Waals surface area contributed by atoms with Gasteiger partial charge in [-0.25, -0.2) is 0 Å². The molecule has 0 aliphatic carbocycles. The zero-order valence-corrected chi connectivity index (χ0v) is 9.14. The van der Waals surface area contributed by atoms with Crippen LogP contribution in [0.5, 0.6) is 0 Å². The van der Waals surface area contributed by atoms with Crippen molar-refractivity contribution in [3.8, 4) is 0 Å². The molecule has 1 heterocycles. The van der Waals surface area contributed by atoms with E-state index in [1.54, 1.807) is 10.8 Å². The Labute approximate surface area is 89.7 Å². The highest BCUT2D eigenvalue weighted by Crippen LogP contribution is 2.09. The van der Waals surface area contributed by atoms with Crippen LogP contribution in [-0.4, -0.2) is 20.9 Å². The normalized spacial score (nSPS) is 13.9. The third-order valence-electron chi connectivity index (χ3n) is 1.90. The van der Waals surface area contributed by atoms with Gasteiger partial charge in [0.25, 0.3) is 0 Å². The summed E-state index contributed by atoms with van der Waals surface area (Å²) in [5.74, 6) is 0.126. The lowest BCUT2D eigenvalue weighted by Gasteiger charge is -2.07. The van der Waals surface area contributed by atoms with Crippen molar-refractivity contribution in [1.82, 2.24) is 9.78 Å². The number of nitrogens with two attached hydrogens (primary N) is 1. The minimum Gasteiger partial charge on any atom is -0.508 e. The lowest BCUT2D eigenvalue weighted by atomic mass is 10.3. The van der Waals surface area contributed by atoms with E-state index in [0.29, 0.717) is 6.54 Å². The van der Waals surface area contributed by atoms with Crippen LogP contribution in [0.1, 0.15) is 18.3 Å². The van der Waals surface area contributed by atoms with Crippen LogP contribution < -0.4 is 5.73 Å². The van der Waals surface area contributed by atoms with E-state index >= 15 is 0 Å². The van der Waals surface area contributed by atoms with Crippen molar-refractivity contribution in [3.63, 3.8) is 0 Å². The fraction of sp³-hybridized carbons (Fsp3) is 0.364. The molecule has 1 rings (SSSR count). The van der Waals surface area contributed by atoms with Crippen LogP contribution in [0.3, 0.4) is 0 Å². The molecule has 4 heteroatoms. The summed E-state index contributed by atoms with van der Waals surface area (Å²) in [6.45, 7) is 7.93. The number of aliphatic hydroxyl groups is 1. The molecular weight excluding hydrogens is 190 g/mol. The van der Waals surface area contributed by atoms with Crippen molar-refractivity contribution in [3.05, 3.63) is 35.9 Å². The summed E-state index contributed by atoms with van der Waals surface area (Å²) in [5, 5.41) is 13.6. The van der Waals surface area contributed by atoms with Crippen LogP contribution in [0.15, 0.2) is 24.5 Å². The second kappa shape index (κ2) is 4.79. The van der Waals surface area contributed by atoms with Crippen LogP contribution in [0.4, 0.5) is 0 Å². The molecule has 0 fully saturated rings. The Morgan fingerprint density at radius 2 is 2.47 bits per heavy atom. The van der Waals surface area contributed by atoms with Crippen molar-refractivity contribution < 1.29 is 5.11 Å². The fourth-order valence-corrected chi connectivity index (χ4v) is 1.31. The van der Waals surface area contributed by atoms with Crippen molar-refractivity contribution >= 4 is 6.08 Å². The number of aromatic nitrogens is 2. The minimum absolute atomic E-state index is 0.0299. The molecule has 0 aromatic carbocycles. The average molecular weight is 207 g/mol. The first-order valence-electron chi connectivity index (χ1n) is 4.86. The molecule has 1 unspecified atom stereocenters. The monoisotopic (exact) mass is 207 g/mol. The first-order valence-corrected chi connectivity index (χ1v) is 4.86. The molecule has 1 aromatic heterocycles. The minimum atomic E-state index is 0.0299. The SMILES string of the molecule is C=C/C(O)=C\c1cc(C)nn1CC(C)N. The molecule has 15 heavy (non-hydrogen) atoms. The van der Waals surface area contributed by atoms with E-state index in [0.717, 1.165) is 11.4 Å². The van der Waals surface area contributed by atoms with Gasteiger partial charge in [0.05, 0.1) is 17.9 Å². The second-order valence-corrected chi connectivity index (χ2v) is 3.64. The van der Waals surface area contributed by atoms with Gasteiger partial charge in [-0.15, -0.1) is 0 Å². The summed E-state index contributed by atoms with van der Waals surface area (Å²) < 4.78 is 1.78. The first kappa shape index (κ1) is 11.5. The molecule has 0 radical (unpaired) electrons. The van der Waals surface area contributed by atoms with Crippen molar-refractivity contribution in [2.75, 3.05) is 0 Å². The summed E-state index contributed by atoms with van der Waals surface area (Å²) in [6, 6.07) is 1.92. The van der Waals surface area contributed by atoms with Gasteiger partial charge in [0.2, 0.25) is 0 Å². The van der Waals surface area contributed by atoms with Gasteiger partial charge >= 0.3 is 0 Å². The van der Waals surface area contributed by atoms with E-state index in [4.69, 9.17) is 5.73 Å². The van der Waals surface area contributed by atoms with E-state index in [9.17, 15) is 5.11 Å². The van der Waals surface area contributed by atoms with E-state index in [1.165, 1.54) is 6.08 Å². The van der Waals surface area contributed by atoms with Crippen LogP contribution in [0, 0.1) is 6.92 Å². The van der Waals surface area contributed by atoms with Crippen LogP contribution in [-0.2, 0) is 6.54 Å². The Morgan fingerprint density at radius 1 is 1.80 bits per heavy atom. The molecule has 0 aliphatic heterocycles. The van der Waals surface area contributed by atoms with E-state index in [1.807, 2.05) is 19.9 Å². The van der Waals surface area contributed by atoms with Gasteiger partial charge < -0.3 is 10.8 Å². The third kappa shape index (κ3) is 3.25. The summed E-state index contributed by atoms with van der Waals surface area (Å²) in [5.41, 5.74) is 7.44. The van der Waals surface area contributed by atoms with Crippen molar-refractivity contribution in [2.45, 2.75) is 26.4 Å². The largest absolute Gasteiger partial charge is 0.508 e. The molecule has 0 spiro atoms. The number of nitrogens with zero attached hydrogens (tertiary/aromatic N) is 2. The first-order chi connectivity index (χ1) is 7.02. The van der Waals surface area contributed by atoms with E-state index in [-0.39, 0.29) is 11.8 Å². The molecule has 1 aromatic rings. The fourth-order valence-electron chi connectivity index (χ4n) is 1.31. The summed E-state index contributed by atoms with van der Waals surface area (Å²) in [6.07, 6.45) is 3.01. The predicted octanol–water partition coefficient (Wildman–Crippen LogP) is 1.62. The molecule has 0 saturated heterocycles. The van der Waals surface area contributed by atoms with Crippen molar-refractivity contribution in [2.24, 2.45) is 5.73 Å². The molecule has 4 nitrogen and oxygen atoms in total. The number of aliphatic hydroxyl groups excluding tert-OH is 1. The highest BCUT2D eigenvalue weighted by molar-refractivity contribution is 5.50. The Morgan fingerprint density at radius 3 is 3.00 bits per heavy atom. The van der Waals surface area contributed by atoms with E-state index in [2.05, 4.69) is 11.7 Å². The maximum atomic E-state index is 9.35. The summed E-state index contributed by atoms with van der Waals surface area (Å²) in [4.78, 5) is 0. The van der Waals surface area contributed by atoms with Crippen LogP contribution >= 0.6 is 0 Å². The average Bonchev–Trinajstić information content (AvgIpc) is 2.45. The number of hydrogen-bond donors (Lipinski definition) is 2. The van der Waals surface area contributed by atoms with Gasteiger partial charge in [-0.2, -0.15) is 5.10 Å². The predicted molar refractivity (Wildman–Crippen MR) is 61.4 cm³/mol. The number of aryl methyl sites for hydroxylation is 1. The van der Waals surface area contributed by atoms with Crippen molar-refractivity contribution in [1.29, 1.82) is 0 Å². The van der Waals surface area contributed by atoms with Gasteiger partial charge in [0, 0.05) is 12.1 Å². The zero-order valence-electron chi connectivity index (χ0n) is 9.14. The molecule has 0 aliphatic rings. The molecule has 0 amide bonds. The topological polar surface area (TPSA) is 64.1 Å². The van der Waals surface area contributed by atoms with Crippen LogP contribution in [0.25, 0.3) is 6.08 Å². The second-order valence-electron chi connectivity index (χ2n) is 3.64. The van der Waals surface area contributed by atoms with Gasteiger partial charge in [-0.3, -0.25) is 4.68 Å². The Kier molecular flexibility index (Phi) is 3.68. The molecule has 0 bridgehead atoms.